The number of nitrogens with zero attached hydrogens (tertiary/aromatic N) is 3. The normalized spacial score (nSPS) is 17.8. The Hall–Kier alpha value is -2.02. The number of halogens is 1. The van der Waals surface area contributed by atoms with Crippen LogP contribution in [0.3, 0.4) is 0 Å². The van der Waals surface area contributed by atoms with Crippen LogP contribution in [0, 0.1) is 11.7 Å². The van der Waals surface area contributed by atoms with E-state index in [1.54, 1.807) is 23.5 Å². The Kier molecular flexibility index (Phi) is 5.40. The van der Waals surface area contributed by atoms with Gasteiger partial charge >= 0.3 is 0 Å². The zero-order valence-electron chi connectivity index (χ0n) is 13.7. The van der Waals surface area contributed by atoms with Gasteiger partial charge in [-0.1, -0.05) is 23.5 Å². The second-order valence-corrected chi connectivity index (χ2v) is 7.00. The number of carbonyl (C=O) groups excluding carboxylic acids is 1. The van der Waals surface area contributed by atoms with Crippen molar-refractivity contribution in [3.05, 3.63) is 40.7 Å². The molecule has 5 nitrogen and oxygen atoms in total. The first kappa shape index (κ1) is 16.8. The predicted octanol–water partition coefficient (Wildman–Crippen LogP) is 2.62. The van der Waals surface area contributed by atoms with Crippen LogP contribution < -0.4 is 10.2 Å². The lowest BCUT2D eigenvalue weighted by molar-refractivity contribution is -0.125. The molecule has 7 heteroatoms. The van der Waals surface area contributed by atoms with Crippen LogP contribution in [0.5, 0.6) is 0 Å². The Morgan fingerprint density at radius 3 is 2.92 bits per heavy atom. The maximum absolute atomic E-state index is 13.0. The van der Waals surface area contributed by atoms with Crippen molar-refractivity contribution < 1.29 is 9.18 Å². The second kappa shape index (κ2) is 7.70. The largest absolute Gasteiger partial charge is 0.356 e. The Bertz CT molecular complexity index is 688. The monoisotopic (exact) mass is 348 g/mol. The summed E-state index contributed by atoms with van der Waals surface area (Å²) in [5.41, 5.74) is 1.01. The molecule has 1 atom stereocenters. The maximum Gasteiger partial charge on any atom is 0.224 e. The fraction of sp³-hybridized carbons (Fsp3) is 0.471. The number of carbonyl (C=O) groups is 1. The second-order valence-electron chi connectivity index (χ2n) is 5.96. The highest BCUT2D eigenvalue weighted by Gasteiger charge is 2.27. The van der Waals surface area contributed by atoms with Crippen molar-refractivity contribution >= 4 is 22.4 Å². The van der Waals surface area contributed by atoms with Gasteiger partial charge in [-0.2, -0.15) is 0 Å². The molecule has 0 spiro atoms. The van der Waals surface area contributed by atoms with Crippen molar-refractivity contribution in [3.8, 4) is 0 Å². The third-order valence-corrected chi connectivity index (χ3v) is 5.12. The van der Waals surface area contributed by atoms with Crippen LogP contribution in [-0.4, -0.2) is 35.7 Å². The molecule has 1 aromatic heterocycles. The molecule has 2 heterocycles. The zero-order chi connectivity index (χ0) is 16.9. The van der Waals surface area contributed by atoms with Gasteiger partial charge in [0.1, 0.15) is 10.8 Å². The molecule has 1 amide bonds. The lowest BCUT2D eigenvalue weighted by atomic mass is 9.97. The van der Waals surface area contributed by atoms with Crippen LogP contribution in [0.1, 0.15) is 30.3 Å². The number of benzene rings is 1. The summed E-state index contributed by atoms with van der Waals surface area (Å²) in [6, 6.07) is 6.45. The number of hydrogen-bond acceptors (Lipinski definition) is 5. The molecule has 0 saturated carbocycles. The topological polar surface area (TPSA) is 58.1 Å². The van der Waals surface area contributed by atoms with E-state index in [2.05, 4.69) is 20.4 Å². The number of aromatic nitrogens is 2. The lowest BCUT2D eigenvalue weighted by Crippen LogP contribution is -2.43. The van der Waals surface area contributed by atoms with Gasteiger partial charge in [0.05, 0.1) is 5.92 Å². The predicted molar refractivity (Wildman–Crippen MR) is 92.7 cm³/mol. The highest BCUT2D eigenvalue weighted by atomic mass is 32.1. The molecule has 0 bridgehead atoms. The highest BCUT2D eigenvalue weighted by molar-refractivity contribution is 7.15. The van der Waals surface area contributed by atoms with E-state index in [4.69, 9.17) is 0 Å². The molecule has 1 saturated heterocycles. The summed E-state index contributed by atoms with van der Waals surface area (Å²) in [7, 11) is 0. The molecule has 1 unspecified atom stereocenters. The summed E-state index contributed by atoms with van der Waals surface area (Å²) in [6.45, 7) is 4.19. The van der Waals surface area contributed by atoms with Gasteiger partial charge in [-0.25, -0.2) is 4.39 Å². The Morgan fingerprint density at radius 2 is 2.17 bits per heavy atom. The molecule has 24 heavy (non-hydrogen) atoms. The van der Waals surface area contributed by atoms with E-state index in [1.807, 2.05) is 6.92 Å². The van der Waals surface area contributed by atoms with Gasteiger partial charge in [-0.3, -0.25) is 4.79 Å². The summed E-state index contributed by atoms with van der Waals surface area (Å²) < 4.78 is 13.0. The fourth-order valence-electron chi connectivity index (χ4n) is 2.90. The van der Waals surface area contributed by atoms with E-state index in [1.165, 1.54) is 12.1 Å². The minimum Gasteiger partial charge on any atom is -0.356 e. The summed E-state index contributed by atoms with van der Waals surface area (Å²) in [5.74, 6) is -0.0946. The third-order valence-electron chi connectivity index (χ3n) is 4.14. The molecule has 1 N–H and O–H groups in total. The van der Waals surface area contributed by atoms with Crippen LogP contribution >= 0.6 is 11.3 Å². The van der Waals surface area contributed by atoms with Gasteiger partial charge in [0.25, 0.3) is 0 Å². The summed E-state index contributed by atoms with van der Waals surface area (Å²) in [6.07, 6.45) is 2.55. The third kappa shape index (κ3) is 4.08. The molecule has 0 aliphatic carbocycles. The number of nitrogens with one attached hydrogen (secondary N) is 1. The molecule has 1 aromatic carbocycles. The van der Waals surface area contributed by atoms with E-state index in [0.717, 1.165) is 35.1 Å². The molecule has 2 aromatic rings. The minimum atomic E-state index is -0.235. The van der Waals surface area contributed by atoms with E-state index in [0.29, 0.717) is 19.5 Å². The van der Waals surface area contributed by atoms with Crippen LogP contribution in [0.4, 0.5) is 9.52 Å². The van der Waals surface area contributed by atoms with Gasteiger partial charge in [0.2, 0.25) is 11.0 Å². The van der Waals surface area contributed by atoms with Crippen molar-refractivity contribution in [2.24, 2.45) is 5.92 Å². The van der Waals surface area contributed by atoms with Gasteiger partial charge in [0, 0.05) is 26.1 Å². The number of rotatable bonds is 5. The molecular formula is C17H21FN4OS. The minimum absolute atomic E-state index is 0.0168. The van der Waals surface area contributed by atoms with E-state index in [-0.39, 0.29) is 17.6 Å². The fourth-order valence-corrected chi connectivity index (χ4v) is 3.81. The number of hydrogen-bond donors (Lipinski definition) is 1. The van der Waals surface area contributed by atoms with Crippen LogP contribution in [0.2, 0.25) is 0 Å². The number of amides is 1. The SMILES string of the molecule is CCNC(=O)C1CCCN(c2nnc(Cc3ccc(F)cc3)s2)C1. The van der Waals surface area contributed by atoms with Crippen LogP contribution in [0.25, 0.3) is 0 Å². The molecule has 1 aliphatic heterocycles. The summed E-state index contributed by atoms with van der Waals surface area (Å²) >= 11 is 1.54. The maximum atomic E-state index is 13.0. The van der Waals surface area contributed by atoms with Gasteiger partial charge in [0.15, 0.2) is 0 Å². The van der Waals surface area contributed by atoms with Crippen molar-refractivity contribution in [2.75, 3.05) is 24.5 Å². The van der Waals surface area contributed by atoms with E-state index >= 15 is 0 Å². The average Bonchev–Trinajstić information content (AvgIpc) is 3.06. The first-order valence-corrected chi connectivity index (χ1v) is 9.07. The number of anilines is 1. The zero-order valence-corrected chi connectivity index (χ0v) is 14.5. The van der Waals surface area contributed by atoms with E-state index < -0.39 is 0 Å². The standard InChI is InChI=1S/C17H21FN4OS/c1-2-19-16(23)13-4-3-9-22(11-13)17-21-20-15(24-17)10-12-5-7-14(18)8-6-12/h5-8,13H,2-4,9-11H2,1H3,(H,19,23). The van der Waals surface area contributed by atoms with Crippen molar-refractivity contribution in [1.29, 1.82) is 0 Å². The van der Waals surface area contributed by atoms with E-state index in [9.17, 15) is 9.18 Å². The van der Waals surface area contributed by atoms with Crippen molar-refractivity contribution in [1.82, 2.24) is 15.5 Å². The van der Waals surface area contributed by atoms with Gasteiger partial charge < -0.3 is 10.2 Å². The Morgan fingerprint density at radius 1 is 1.38 bits per heavy atom. The molecule has 3 rings (SSSR count). The Labute approximate surface area is 144 Å². The van der Waals surface area contributed by atoms with Crippen LogP contribution in [0.15, 0.2) is 24.3 Å². The van der Waals surface area contributed by atoms with Crippen LogP contribution in [-0.2, 0) is 11.2 Å². The molecule has 1 fully saturated rings. The molecule has 0 radical (unpaired) electrons. The quantitative estimate of drug-likeness (QED) is 0.902. The number of piperidine rings is 1. The lowest BCUT2D eigenvalue weighted by Gasteiger charge is -2.31. The summed E-state index contributed by atoms with van der Waals surface area (Å²) in [4.78, 5) is 14.2. The summed E-state index contributed by atoms with van der Waals surface area (Å²) in [5, 5.41) is 13.2. The average molecular weight is 348 g/mol. The Balaban J connectivity index is 1.64. The first-order chi connectivity index (χ1) is 11.7. The van der Waals surface area contributed by atoms with Gasteiger partial charge in [-0.15, -0.1) is 10.2 Å². The smallest absolute Gasteiger partial charge is 0.224 e. The molecule has 1 aliphatic rings. The highest BCUT2D eigenvalue weighted by Crippen LogP contribution is 2.27. The van der Waals surface area contributed by atoms with Gasteiger partial charge in [-0.05, 0) is 37.5 Å². The van der Waals surface area contributed by atoms with Crippen molar-refractivity contribution in [3.63, 3.8) is 0 Å². The molecule has 128 valence electrons. The molecular weight excluding hydrogens is 327 g/mol. The van der Waals surface area contributed by atoms with Crippen molar-refractivity contribution in [2.45, 2.75) is 26.2 Å². The first-order valence-electron chi connectivity index (χ1n) is 8.25.